The summed E-state index contributed by atoms with van der Waals surface area (Å²) in [6, 6.07) is 20.0. The zero-order chi connectivity index (χ0) is 26.4. The summed E-state index contributed by atoms with van der Waals surface area (Å²) in [7, 11) is -3.93. The highest BCUT2D eigenvalue weighted by Crippen LogP contribution is 2.31. The third kappa shape index (κ3) is 6.62. The summed E-state index contributed by atoms with van der Waals surface area (Å²) in [6.07, 6.45) is 3.86. The Kier molecular flexibility index (Phi) is 8.71. The van der Waals surface area contributed by atoms with Crippen molar-refractivity contribution >= 4 is 16.4 Å². The Labute approximate surface area is 217 Å². The minimum atomic E-state index is -3.93. The molecule has 1 aliphatic rings. The summed E-state index contributed by atoms with van der Waals surface area (Å²) in [6.45, 7) is 2.49. The number of carbonyl (C=O) groups excluding carboxylic acids is 1. The second-order valence-electron chi connectivity index (χ2n) is 9.76. The maximum atomic E-state index is 14.5. The first-order valence-corrected chi connectivity index (χ1v) is 14.0. The number of aryl methyl sites for hydroxylation is 1. The molecule has 196 valence electrons. The maximum absolute atomic E-state index is 14.5. The van der Waals surface area contributed by atoms with Gasteiger partial charge < -0.3 is 4.90 Å². The molecule has 3 aromatic rings. The Morgan fingerprint density at radius 2 is 1.54 bits per heavy atom. The summed E-state index contributed by atoms with van der Waals surface area (Å²) in [5.41, 5.74) is 2.23. The fourth-order valence-corrected chi connectivity index (χ4v) is 6.47. The van der Waals surface area contributed by atoms with Crippen molar-refractivity contribution in [1.82, 2.24) is 9.21 Å². The molecule has 1 fully saturated rings. The number of halogens is 2. The molecule has 1 aliphatic carbocycles. The summed E-state index contributed by atoms with van der Waals surface area (Å²) < 4.78 is 56.6. The van der Waals surface area contributed by atoms with Crippen molar-refractivity contribution < 1.29 is 22.0 Å². The van der Waals surface area contributed by atoms with Gasteiger partial charge in [-0.3, -0.25) is 4.79 Å². The van der Waals surface area contributed by atoms with Crippen LogP contribution in [0.1, 0.15) is 42.4 Å². The molecule has 0 aliphatic heterocycles. The van der Waals surface area contributed by atoms with Crippen molar-refractivity contribution in [3.63, 3.8) is 0 Å². The lowest BCUT2D eigenvalue weighted by Gasteiger charge is -2.36. The molecule has 0 unspecified atom stereocenters. The van der Waals surface area contributed by atoms with Crippen LogP contribution < -0.4 is 0 Å². The molecule has 37 heavy (non-hydrogen) atoms. The molecule has 1 amide bonds. The largest absolute Gasteiger partial charge is 0.338 e. The maximum Gasteiger partial charge on any atom is 0.243 e. The van der Waals surface area contributed by atoms with E-state index in [1.165, 1.54) is 28.6 Å². The summed E-state index contributed by atoms with van der Waals surface area (Å²) in [4.78, 5) is 13.8. The highest BCUT2D eigenvalue weighted by molar-refractivity contribution is 7.89. The van der Waals surface area contributed by atoms with Crippen molar-refractivity contribution in [2.45, 2.75) is 56.6 Å². The van der Waals surface area contributed by atoms with E-state index >= 15 is 0 Å². The highest BCUT2D eigenvalue weighted by Gasteiger charge is 2.32. The number of hydrogen-bond acceptors (Lipinski definition) is 3. The number of hydrogen-bond donors (Lipinski definition) is 0. The highest BCUT2D eigenvalue weighted by atomic mass is 32.2. The van der Waals surface area contributed by atoms with Crippen LogP contribution in [-0.4, -0.2) is 36.6 Å². The Morgan fingerprint density at radius 1 is 0.865 bits per heavy atom. The summed E-state index contributed by atoms with van der Waals surface area (Å²) in [5, 5.41) is 0. The van der Waals surface area contributed by atoms with E-state index in [2.05, 4.69) is 0 Å². The predicted octanol–water partition coefficient (Wildman–Crippen LogP) is 5.68. The van der Waals surface area contributed by atoms with Gasteiger partial charge in [-0.05, 0) is 62.3 Å². The minimum absolute atomic E-state index is 0.00146. The lowest BCUT2D eigenvalue weighted by molar-refractivity contribution is -0.121. The second kappa shape index (κ2) is 12.0. The number of amides is 1. The molecule has 0 spiro atoms. The van der Waals surface area contributed by atoms with Gasteiger partial charge >= 0.3 is 0 Å². The molecule has 0 bridgehead atoms. The van der Waals surface area contributed by atoms with Crippen LogP contribution in [0.15, 0.2) is 77.7 Å². The van der Waals surface area contributed by atoms with Crippen molar-refractivity contribution in [1.29, 1.82) is 0 Å². The van der Waals surface area contributed by atoms with Gasteiger partial charge in [0.15, 0.2) is 11.6 Å². The van der Waals surface area contributed by atoms with Crippen LogP contribution >= 0.6 is 0 Å². The van der Waals surface area contributed by atoms with Gasteiger partial charge in [0.05, 0.1) is 4.90 Å². The van der Waals surface area contributed by atoms with Crippen molar-refractivity contribution in [2.24, 2.45) is 5.92 Å². The SMILES string of the molecule is Cc1ccc(CN(C=O)C2CCC(CN(Cc3cccc(F)c3F)S(=O)(=O)c3ccccc3)CC2)cc1. The fraction of sp³-hybridized carbons (Fsp3) is 0.345. The Balaban J connectivity index is 1.47. The lowest BCUT2D eigenvalue weighted by Crippen LogP contribution is -2.40. The van der Waals surface area contributed by atoms with Crippen molar-refractivity contribution in [3.05, 3.63) is 101 Å². The molecule has 5 nitrogen and oxygen atoms in total. The van der Waals surface area contributed by atoms with Gasteiger partial charge in [0.1, 0.15) is 0 Å². The van der Waals surface area contributed by atoms with Gasteiger partial charge in [-0.2, -0.15) is 4.31 Å². The molecule has 0 atom stereocenters. The standard InChI is InChI=1S/C29H32F2N2O3S/c1-22-10-12-23(13-11-22)18-32(21-34)26-16-14-24(15-17-26)19-33(20-25-6-5-9-28(30)29(25)31)37(35,36)27-7-3-2-4-8-27/h2-13,21,24,26H,14-20H2,1H3. The summed E-state index contributed by atoms with van der Waals surface area (Å²) in [5.74, 6) is -1.99. The second-order valence-corrected chi connectivity index (χ2v) is 11.7. The molecule has 3 aromatic carbocycles. The Hall–Kier alpha value is -3.10. The van der Waals surface area contributed by atoms with E-state index < -0.39 is 21.7 Å². The molecule has 0 saturated heterocycles. The molecule has 1 saturated carbocycles. The topological polar surface area (TPSA) is 57.7 Å². The van der Waals surface area contributed by atoms with Gasteiger partial charge in [0.25, 0.3) is 0 Å². The van der Waals surface area contributed by atoms with Crippen LogP contribution in [0.4, 0.5) is 8.78 Å². The Morgan fingerprint density at radius 3 is 2.19 bits per heavy atom. The first-order chi connectivity index (χ1) is 17.8. The normalized spacial score (nSPS) is 18.1. The van der Waals surface area contributed by atoms with Crippen LogP contribution in [0.25, 0.3) is 0 Å². The molecule has 4 rings (SSSR count). The van der Waals surface area contributed by atoms with Crippen molar-refractivity contribution in [2.75, 3.05) is 6.54 Å². The van der Waals surface area contributed by atoms with E-state index in [1.54, 1.807) is 18.2 Å². The molecular formula is C29H32F2N2O3S. The quantitative estimate of drug-likeness (QED) is 0.319. The van der Waals surface area contributed by atoms with E-state index in [1.807, 2.05) is 36.1 Å². The van der Waals surface area contributed by atoms with E-state index in [0.29, 0.717) is 6.54 Å². The van der Waals surface area contributed by atoms with Gasteiger partial charge in [-0.15, -0.1) is 0 Å². The first kappa shape index (κ1) is 26.9. The molecule has 0 aromatic heterocycles. The number of benzene rings is 3. The van der Waals surface area contributed by atoms with E-state index in [4.69, 9.17) is 0 Å². The van der Waals surface area contributed by atoms with Gasteiger partial charge in [0, 0.05) is 31.2 Å². The monoisotopic (exact) mass is 526 g/mol. The molecule has 0 N–H and O–H groups in total. The smallest absolute Gasteiger partial charge is 0.243 e. The molecule has 8 heteroatoms. The first-order valence-electron chi connectivity index (χ1n) is 12.5. The third-order valence-electron chi connectivity index (χ3n) is 7.13. The van der Waals surface area contributed by atoms with E-state index in [9.17, 15) is 22.0 Å². The van der Waals surface area contributed by atoms with E-state index in [0.717, 1.165) is 49.3 Å². The van der Waals surface area contributed by atoms with Crippen LogP contribution in [0, 0.1) is 24.5 Å². The molecular weight excluding hydrogens is 494 g/mol. The fourth-order valence-electron chi connectivity index (χ4n) is 4.95. The molecule has 0 heterocycles. The van der Waals surface area contributed by atoms with E-state index in [-0.39, 0.29) is 35.5 Å². The average molecular weight is 527 g/mol. The van der Waals surface area contributed by atoms with Crippen molar-refractivity contribution in [3.8, 4) is 0 Å². The zero-order valence-electron chi connectivity index (χ0n) is 20.9. The van der Waals surface area contributed by atoms with Gasteiger partial charge in [-0.25, -0.2) is 17.2 Å². The predicted molar refractivity (Wildman–Crippen MR) is 139 cm³/mol. The van der Waals surface area contributed by atoms with Crippen LogP contribution in [-0.2, 0) is 27.9 Å². The number of rotatable bonds is 10. The van der Waals surface area contributed by atoms with Crippen LogP contribution in [0.5, 0.6) is 0 Å². The number of nitrogens with zero attached hydrogens (tertiary/aromatic N) is 2. The average Bonchev–Trinajstić information content (AvgIpc) is 2.91. The van der Waals surface area contributed by atoms with Crippen LogP contribution in [0.2, 0.25) is 0 Å². The third-order valence-corrected chi connectivity index (χ3v) is 8.95. The zero-order valence-corrected chi connectivity index (χ0v) is 21.7. The molecule has 0 radical (unpaired) electrons. The number of sulfonamides is 1. The summed E-state index contributed by atoms with van der Waals surface area (Å²) >= 11 is 0. The van der Waals surface area contributed by atoms with Gasteiger partial charge in [-0.1, -0.05) is 60.2 Å². The van der Waals surface area contributed by atoms with Crippen LogP contribution in [0.3, 0.4) is 0 Å². The number of carbonyl (C=O) groups is 1. The lowest BCUT2D eigenvalue weighted by atomic mass is 9.85. The Bertz CT molecular complexity index is 1290. The minimum Gasteiger partial charge on any atom is -0.338 e. The van der Waals surface area contributed by atoms with Gasteiger partial charge in [0.2, 0.25) is 16.4 Å².